The van der Waals surface area contributed by atoms with Gasteiger partial charge in [0.2, 0.25) is 5.91 Å². The first-order valence-electron chi connectivity index (χ1n) is 5.73. The number of nitrogens with zero attached hydrogens (tertiary/aromatic N) is 1. The summed E-state index contributed by atoms with van der Waals surface area (Å²) in [5.74, 6) is 0.325. The molecule has 0 atom stereocenters. The fraction of sp³-hybridized carbons (Fsp3) is 0.909. The van der Waals surface area contributed by atoms with E-state index in [9.17, 15) is 4.79 Å². The van der Waals surface area contributed by atoms with Crippen molar-refractivity contribution < 1.29 is 9.90 Å². The third-order valence-electron chi connectivity index (χ3n) is 2.76. The van der Waals surface area contributed by atoms with E-state index in [1.54, 1.807) is 0 Å². The van der Waals surface area contributed by atoms with Crippen LogP contribution in [0.3, 0.4) is 0 Å². The molecule has 1 aliphatic heterocycles. The van der Waals surface area contributed by atoms with Crippen LogP contribution in [-0.2, 0) is 4.79 Å². The fourth-order valence-electron chi connectivity index (χ4n) is 1.87. The molecule has 0 spiro atoms. The molecule has 1 aliphatic rings. The highest BCUT2D eigenvalue weighted by Gasteiger charge is 2.15. The summed E-state index contributed by atoms with van der Waals surface area (Å²) >= 11 is 0. The highest BCUT2D eigenvalue weighted by molar-refractivity contribution is 5.76. The molecule has 0 radical (unpaired) electrons. The minimum atomic E-state index is 0.272. The Hall–Kier alpha value is -0.570. The number of amides is 1. The van der Waals surface area contributed by atoms with Crippen molar-refractivity contribution in [2.75, 3.05) is 19.7 Å². The Kier molecular flexibility index (Phi) is 5.60. The van der Waals surface area contributed by atoms with Gasteiger partial charge in [0.25, 0.3) is 0 Å². The van der Waals surface area contributed by atoms with Crippen LogP contribution >= 0.6 is 0 Å². The molecule has 3 nitrogen and oxygen atoms in total. The van der Waals surface area contributed by atoms with E-state index in [0.717, 1.165) is 51.6 Å². The molecule has 1 rings (SSSR count). The first kappa shape index (κ1) is 11.5. The molecule has 1 N–H and O–H groups in total. The minimum Gasteiger partial charge on any atom is -0.396 e. The van der Waals surface area contributed by atoms with Gasteiger partial charge in [0.1, 0.15) is 0 Å². The van der Waals surface area contributed by atoms with Crippen LogP contribution in [0, 0.1) is 0 Å². The maximum absolute atomic E-state index is 11.6. The van der Waals surface area contributed by atoms with Crippen LogP contribution in [-0.4, -0.2) is 35.6 Å². The number of aliphatic hydroxyl groups excluding tert-OH is 1. The van der Waals surface area contributed by atoms with Gasteiger partial charge in [-0.3, -0.25) is 4.79 Å². The molecule has 0 saturated carbocycles. The zero-order valence-corrected chi connectivity index (χ0v) is 8.87. The van der Waals surface area contributed by atoms with Gasteiger partial charge < -0.3 is 10.0 Å². The van der Waals surface area contributed by atoms with Crippen LogP contribution in [0.1, 0.15) is 44.9 Å². The van der Waals surface area contributed by atoms with E-state index >= 15 is 0 Å². The first-order valence-corrected chi connectivity index (χ1v) is 5.73. The van der Waals surface area contributed by atoms with Crippen LogP contribution in [0.5, 0.6) is 0 Å². The number of rotatable bonds is 5. The fourth-order valence-corrected chi connectivity index (χ4v) is 1.87. The molecular formula is C11H21NO2. The van der Waals surface area contributed by atoms with Crippen LogP contribution < -0.4 is 0 Å². The Balaban J connectivity index is 2.16. The van der Waals surface area contributed by atoms with Gasteiger partial charge in [0, 0.05) is 26.1 Å². The zero-order chi connectivity index (χ0) is 10.2. The van der Waals surface area contributed by atoms with Crippen molar-refractivity contribution in [2.24, 2.45) is 0 Å². The Labute approximate surface area is 86.1 Å². The maximum Gasteiger partial charge on any atom is 0.222 e. The third-order valence-corrected chi connectivity index (χ3v) is 2.76. The molecule has 0 aliphatic carbocycles. The smallest absolute Gasteiger partial charge is 0.222 e. The number of hydrogen-bond donors (Lipinski definition) is 1. The van der Waals surface area contributed by atoms with Crippen molar-refractivity contribution in [3.8, 4) is 0 Å². The molecule has 1 amide bonds. The highest BCUT2D eigenvalue weighted by Crippen LogP contribution is 2.11. The largest absolute Gasteiger partial charge is 0.396 e. The van der Waals surface area contributed by atoms with E-state index in [-0.39, 0.29) is 6.61 Å². The van der Waals surface area contributed by atoms with Gasteiger partial charge in [-0.1, -0.05) is 6.42 Å². The van der Waals surface area contributed by atoms with Gasteiger partial charge in [0.05, 0.1) is 0 Å². The molecule has 3 heteroatoms. The molecule has 1 fully saturated rings. The summed E-state index contributed by atoms with van der Waals surface area (Å²) in [6.45, 7) is 2.10. The van der Waals surface area contributed by atoms with Gasteiger partial charge in [0.15, 0.2) is 0 Å². The lowest BCUT2D eigenvalue weighted by Crippen LogP contribution is -2.31. The van der Waals surface area contributed by atoms with E-state index in [1.807, 2.05) is 4.90 Å². The summed E-state index contributed by atoms with van der Waals surface area (Å²) in [4.78, 5) is 13.5. The number of hydrogen-bond acceptors (Lipinski definition) is 2. The zero-order valence-electron chi connectivity index (χ0n) is 8.87. The number of likely N-dealkylation sites (tertiary alicyclic amines) is 1. The Morgan fingerprint density at radius 3 is 2.79 bits per heavy atom. The third kappa shape index (κ3) is 4.09. The molecule has 0 aromatic rings. The van der Waals surface area contributed by atoms with E-state index in [1.165, 1.54) is 6.42 Å². The summed E-state index contributed by atoms with van der Waals surface area (Å²) < 4.78 is 0. The first-order chi connectivity index (χ1) is 6.84. The van der Waals surface area contributed by atoms with Gasteiger partial charge in [-0.25, -0.2) is 0 Å². The molecule has 0 bridgehead atoms. The van der Waals surface area contributed by atoms with Crippen molar-refractivity contribution in [3.63, 3.8) is 0 Å². The Bertz CT molecular complexity index is 171. The average Bonchev–Trinajstić information content (AvgIpc) is 2.39. The SMILES string of the molecule is O=C1CCCCCN1CCCCCO. The van der Waals surface area contributed by atoms with E-state index in [2.05, 4.69) is 0 Å². The summed E-state index contributed by atoms with van der Waals surface area (Å²) in [7, 11) is 0. The molecule has 82 valence electrons. The molecule has 0 aromatic carbocycles. The van der Waals surface area contributed by atoms with Crippen LogP contribution in [0.2, 0.25) is 0 Å². The lowest BCUT2D eigenvalue weighted by Gasteiger charge is -2.20. The number of aliphatic hydroxyl groups is 1. The number of unbranched alkanes of at least 4 members (excludes halogenated alkanes) is 2. The van der Waals surface area contributed by atoms with E-state index in [0.29, 0.717) is 5.91 Å². The van der Waals surface area contributed by atoms with Crippen molar-refractivity contribution in [1.82, 2.24) is 4.90 Å². The molecule has 0 aromatic heterocycles. The lowest BCUT2D eigenvalue weighted by molar-refractivity contribution is -0.130. The standard InChI is InChI=1S/C11H21NO2/c13-10-6-2-5-9-12-8-4-1-3-7-11(12)14/h13H,1-10H2. The molecule has 14 heavy (non-hydrogen) atoms. The molecule has 0 unspecified atom stereocenters. The maximum atomic E-state index is 11.6. The highest BCUT2D eigenvalue weighted by atomic mass is 16.2. The van der Waals surface area contributed by atoms with Gasteiger partial charge in [-0.15, -0.1) is 0 Å². The normalized spacial score (nSPS) is 18.4. The van der Waals surface area contributed by atoms with Gasteiger partial charge >= 0.3 is 0 Å². The molecule has 1 heterocycles. The van der Waals surface area contributed by atoms with Gasteiger partial charge in [-0.2, -0.15) is 0 Å². The van der Waals surface area contributed by atoms with E-state index in [4.69, 9.17) is 5.11 Å². The summed E-state index contributed by atoms with van der Waals surface area (Å²) in [5, 5.41) is 8.62. The summed E-state index contributed by atoms with van der Waals surface area (Å²) in [5.41, 5.74) is 0. The predicted molar refractivity (Wildman–Crippen MR) is 56.0 cm³/mol. The van der Waals surface area contributed by atoms with E-state index < -0.39 is 0 Å². The lowest BCUT2D eigenvalue weighted by atomic mass is 10.2. The molecular weight excluding hydrogens is 178 g/mol. The minimum absolute atomic E-state index is 0.272. The topological polar surface area (TPSA) is 40.5 Å². The molecule has 1 saturated heterocycles. The predicted octanol–water partition coefficient (Wildman–Crippen LogP) is 1.55. The Morgan fingerprint density at radius 1 is 1.14 bits per heavy atom. The van der Waals surface area contributed by atoms with Crippen LogP contribution in [0.25, 0.3) is 0 Å². The van der Waals surface area contributed by atoms with Crippen molar-refractivity contribution in [2.45, 2.75) is 44.9 Å². The van der Waals surface area contributed by atoms with Gasteiger partial charge in [-0.05, 0) is 32.1 Å². The second-order valence-corrected chi connectivity index (χ2v) is 3.98. The quantitative estimate of drug-likeness (QED) is 0.682. The number of carbonyl (C=O) groups is 1. The van der Waals surface area contributed by atoms with Crippen LogP contribution in [0.15, 0.2) is 0 Å². The number of carbonyl (C=O) groups excluding carboxylic acids is 1. The average molecular weight is 199 g/mol. The Morgan fingerprint density at radius 2 is 2.00 bits per heavy atom. The van der Waals surface area contributed by atoms with Crippen molar-refractivity contribution >= 4 is 5.91 Å². The summed E-state index contributed by atoms with van der Waals surface area (Å²) in [6, 6.07) is 0. The summed E-state index contributed by atoms with van der Waals surface area (Å²) in [6.07, 6.45) is 7.07. The monoisotopic (exact) mass is 199 g/mol. The van der Waals surface area contributed by atoms with Crippen molar-refractivity contribution in [1.29, 1.82) is 0 Å². The van der Waals surface area contributed by atoms with Crippen molar-refractivity contribution in [3.05, 3.63) is 0 Å². The van der Waals surface area contributed by atoms with Crippen LogP contribution in [0.4, 0.5) is 0 Å². The second-order valence-electron chi connectivity index (χ2n) is 3.98. The second kappa shape index (κ2) is 6.82.